The maximum absolute atomic E-state index is 11.6. The lowest BCUT2D eigenvalue weighted by molar-refractivity contribution is 0.136. The van der Waals surface area contributed by atoms with E-state index in [4.69, 9.17) is 20.4 Å². The molecule has 0 saturated carbocycles. The molecule has 0 unspecified atom stereocenters. The highest BCUT2D eigenvalue weighted by atomic mass is 16.3. The van der Waals surface area contributed by atoms with Gasteiger partial charge in [0.2, 0.25) is 0 Å². The summed E-state index contributed by atoms with van der Waals surface area (Å²) in [6.45, 7) is 19.7. The van der Waals surface area contributed by atoms with Crippen LogP contribution in [0.4, 0.5) is 0 Å². The summed E-state index contributed by atoms with van der Waals surface area (Å²) in [5.74, 6) is 0.306. The molecule has 228 valence electrons. The number of aromatic hydroxyl groups is 1. The summed E-state index contributed by atoms with van der Waals surface area (Å²) >= 11 is 0. The van der Waals surface area contributed by atoms with E-state index in [2.05, 4.69) is 61.8 Å². The molecule has 11 nitrogen and oxygen atoms in total. The Morgan fingerprint density at radius 3 is 1.02 bits per heavy atom. The Morgan fingerprint density at radius 1 is 0.512 bits per heavy atom. The van der Waals surface area contributed by atoms with Crippen molar-refractivity contribution in [3.8, 4) is 5.75 Å². The summed E-state index contributed by atoms with van der Waals surface area (Å²) in [4.78, 5) is 4.50. The molecular weight excluding hydrogens is 540 g/mol. The molecule has 4 aromatic heterocycles. The van der Waals surface area contributed by atoms with E-state index in [9.17, 15) is 5.11 Å². The minimum atomic E-state index is 0.306. The topological polar surface area (TPSA) is 98.0 Å². The molecule has 5 rings (SSSR count). The van der Waals surface area contributed by atoms with Gasteiger partial charge in [0, 0.05) is 47.0 Å². The second-order valence-electron chi connectivity index (χ2n) is 11.9. The molecule has 1 aromatic carbocycles. The fraction of sp³-hybridized carbons (Fsp3) is 0.438. The Bertz CT molecular complexity index is 1490. The van der Waals surface area contributed by atoms with E-state index in [-0.39, 0.29) is 0 Å². The number of phenols is 1. The molecule has 0 aliphatic heterocycles. The predicted octanol–water partition coefficient (Wildman–Crippen LogP) is 4.88. The second kappa shape index (κ2) is 12.6. The molecule has 5 aromatic rings. The van der Waals surface area contributed by atoms with Crippen LogP contribution in [0.2, 0.25) is 0 Å². The third-order valence-electron chi connectivity index (χ3n) is 7.74. The summed E-state index contributed by atoms with van der Waals surface area (Å²) in [6, 6.07) is 14.4. The SMILES string of the molecule is Cc1cc(C)n(CN(Cc2cccc(CN(Cn3nc(C)cc3C)Cn3nc(C)cc3C)c2O)Cn2nc(C)cc2C)n1. The summed E-state index contributed by atoms with van der Waals surface area (Å²) in [5, 5.41) is 30.4. The predicted molar refractivity (Wildman–Crippen MR) is 166 cm³/mol. The van der Waals surface area contributed by atoms with Gasteiger partial charge in [0.05, 0.1) is 49.5 Å². The molecule has 0 atom stereocenters. The van der Waals surface area contributed by atoms with Crippen molar-refractivity contribution in [2.75, 3.05) is 0 Å². The van der Waals surface area contributed by atoms with E-state index < -0.39 is 0 Å². The van der Waals surface area contributed by atoms with E-state index in [0.29, 0.717) is 45.5 Å². The number of phenolic OH excluding ortho intramolecular Hbond substituents is 1. The number of benzene rings is 1. The molecule has 1 N–H and O–H groups in total. The number of aryl methyl sites for hydroxylation is 8. The van der Waals surface area contributed by atoms with Gasteiger partial charge in [-0.1, -0.05) is 18.2 Å². The first-order chi connectivity index (χ1) is 20.4. The van der Waals surface area contributed by atoms with Crippen LogP contribution in [0.3, 0.4) is 0 Å². The molecule has 43 heavy (non-hydrogen) atoms. The largest absolute Gasteiger partial charge is 0.507 e. The van der Waals surface area contributed by atoms with E-state index in [1.807, 2.05) is 64.6 Å². The first-order valence-electron chi connectivity index (χ1n) is 14.7. The quantitative estimate of drug-likeness (QED) is 0.223. The average molecular weight is 585 g/mol. The number of hydrogen-bond donors (Lipinski definition) is 1. The fourth-order valence-corrected chi connectivity index (χ4v) is 5.70. The zero-order valence-corrected chi connectivity index (χ0v) is 26.7. The van der Waals surface area contributed by atoms with E-state index in [1.165, 1.54) is 0 Å². The Balaban J connectivity index is 1.42. The molecule has 0 amide bonds. The zero-order valence-electron chi connectivity index (χ0n) is 26.7. The van der Waals surface area contributed by atoms with Crippen LogP contribution < -0.4 is 0 Å². The Labute approximate surface area is 254 Å². The minimum Gasteiger partial charge on any atom is -0.507 e. The average Bonchev–Trinajstić information content (AvgIpc) is 3.62. The maximum atomic E-state index is 11.6. The van der Waals surface area contributed by atoms with Crippen LogP contribution in [0.25, 0.3) is 0 Å². The monoisotopic (exact) mass is 584 g/mol. The molecule has 0 radical (unpaired) electrons. The molecule has 4 heterocycles. The molecule has 0 aliphatic rings. The minimum absolute atomic E-state index is 0.306. The van der Waals surface area contributed by atoms with Crippen LogP contribution in [0.1, 0.15) is 56.7 Å². The van der Waals surface area contributed by atoms with Crippen LogP contribution in [0, 0.1) is 55.4 Å². The molecule has 0 fully saturated rings. The van der Waals surface area contributed by atoms with Gasteiger partial charge in [0.25, 0.3) is 0 Å². The Hall–Kier alpha value is -4.22. The highest BCUT2D eigenvalue weighted by molar-refractivity contribution is 5.40. The van der Waals surface area contributed by atoms with Crippen LogP contribution in [0.5, 0.6) is 5.75 Å². The molecular formula is C32H44N10O. The number of hydrogen-bond acceptors (Lipinski definition) is 7. The standard InChI is InChI=1S/C32H44N10O/c1-22-12-26(5)39(33-22)18-37(19-40-27(6)13-23(2)34-40)16-30-10-9-11-31(32(30)43)17-38(20-41-28(7)14-24(3)35-41)21-42-29(8)15-25(4)36-42/h9-15,43H,16-21H2,1-8H3. The number of aromatic nitrogens is 8. The summed E-state index contributed by atoms with van der Waals surface area (Å²) < 4.78 is 8.03. The van der Waals surface area contributed by atoms with E-state index in [1.54, 1.807) is 0 Å². The van der Waals surface area contributed by atoms with Gasteiger partial charge in [-0.05, 0) is 79.7 Å². The van der Waals surface area contributed by atoms with Crippen molar-refractivity contribution in [3.05, 3.63) is 99.1 Å². The number of para-hydroxylation sites is 1. The van der Waals surface area contributed by atoms with E-state index in [0.717, 1.165) is 56.7 Å². The van der Waals surface area contributed by atoms with Crippen molar-refractivity contribution in [3.63, 3.8) is 0 Å². The van der Waals surface area contributed by atoms with Gasteiger partial charge < -0.3 is 5.11 Å². The van der Waals surface area contributed by atoms with Crippen LogP contribution in [-0.2, 0) is 39.8 Å². The van der Waals surface area contributed by atoms with Gasteiger partial charge in [0.1, 0.15) is 5.75 Å². The molecule has 11 heteroatoms. The maximum Gasteiger partial charge on any atom is 0.124 e. The lowest BCUT2D eigenvalue weighted by Gasteiger charge is -2.26. The van der Waals surface area contributed by atoms with Crippen molar-refractivity contribution in [1.29, 1.82) is 0 Å². The lowest BCUT2D eigenvalue weighted by atomic mass is 10.1. The van der Waals surface area contributed by atoms with Gasteiger partial charge in [-0.25, -0.2) is 0 Å². The van der Waals surface area contributed by atoms with Crippen molar-refractivity contribution in [2.45, 2.75) is 95.2 Å². The zero-order chi connectivity index (χ0) is 30.8. The van der Waals surface area contributed by atoms with Gasteiger partial charge in [-0.2, -0.15) is 20.4 Å². The van der Waals surface area contributed by atoms with Crippen molar-refractivity contribution in [1.82, 2.24) is 48.9 Å². The Morgan fingerprint density at radius 2 is 0.791 bits per heavy atom. The van der Waals surface area contributed by atoms with Gasteiger partial charge in [-0.15, -0.1) is 0 Å². The number of rotatable bonds is 12. The van der Waals surface area contributed by atoms with Crippen LogP contribution in [-0.4, -0.2) is 54.0 Å². The lowest BCUT2D eigenvalue weighted by Crippen LogP contribution is -2.31. The van der Waals surface area contributed by atoms with Crippen molar-refractivity contribution < 1.29 is 5.11 Å². The third kappa shape index (κ3) is 7.23. The molecule has 0 spiro atoms. The van der Waals surface area contributed by atoms with Crippen LogP contribution in [0.15, 0.2) is 42.5 Å². The summed E-state index contributed by atoms with van der Waals surface area (Å²) in [7, 11) is 0. The highest BCUT2D eigenvalue weighted by Crippen LogP contribution is 2.27. The molecule has 0 aliphatic carbocycles. The first-order valence-corrected chi connectivity index (χ1v) is 14.7. The molecule has 0 bridgehead atoms. The Kier molecular flexibility index (Phi) is 8.84. The summed E-state index contributed by atoms with van der Waals surface area (Å²) in [5.41, 5.74) is 10.0. The van der Waals surface area contributed by atoms with Crippen molar-refractivity contribution in [2.24, 2.45) is 0 Å². The smallest absolute Gasteiger partial charge is 0.124 e. The fourth-order valence-electron chi connectivity index (χ4n) is 5.70. The normalized spacial score (nSPS) is 11.9. The highest BCUT2D eigenvalue weighted by Gasteiger charge is 2.19. The molecule has 0 saturated heterocycles. The van der Waals surface area contributed by atoms with Crippen LogP contribution >= 0.6 is 0 Å². The third-order valence-corrected chi connectivity index (χ3v) is 7.74. The summed E-state index contributed by atoms with van der Waals surface area (Å²) in [6.07, 6.45) is 0. The van der Waals surface area contributed by atoms with E-state index >= 15 is 0 Å². The van der Waals surface area contributed by atoms with Gasteiger partial charge >= 0.3 is 0 Å². The second-order valence-corrected chi connectivity index (χ2v) is 11.9. The first kappa shape index (κ1) is 30.2. The number of nitrogens with zero attached hydrogens (tertiary/aromatic N) is 10. The van der Waals surface area contributed by atoms with Gasteiger partial charge in [-0.3, -0.25) is 28.5 Å². The van der Waals surface area contributed by atoms with Gasteiger partial charge in [0.15, 0.2) is 0 Å². The van der Waals surface area contributed by atoms with Crippen molar-refractivity contribution >= 4 is 0 Å².